The summed E-state index contributed by atoms with van der Waals surface area (Å²) in [6, 6.07) is 7.52. The molecule has 142 valence electrons. The molecule has 3 heterocycles. The minimum absolute atomic E-state index is 0.253. The third-order valence-corrected chi connectivity index (χ3v) is 5.07. The van der Waals surface area contributed by atoms with Gasteiger partial charge in [-0.3, -0.25) is 0 Å². The standard InChI is InChI=1S/C20H22ClN3O3/c1-25-18-11-19(26-2)16(21)10-15(18)17-12-24-8-5-14(9-20(24)23-17)27-13-3-6-22-7-4-13/h5,8-13,22H,3-4,6-7H2,1-2H3. The van der Waals surface area contributed by atoms with Crippen molar-refractivity contribution in [2.24, 2.45) is 0 Å². The van der Waals surface area contributed by atoms with Crippen LogP contribution in [0.5, 0.6) is 17.2 Å². The van der Waals surface area contributed by atoms with E-state index in [1.165, 1.54) is 0 Å². The zero-order chi connectivity index (χ0) is 18.8. The van der Waals surface area contributed by atoms with Crippen molar-refractivity contribution in [1.82, 2.24) is 14.7 Å². The Morgan fingerprint density at radius 1 is 1.11 bits per heavy atom. The molecule has 1 aliphatic heterocycles. The summed E-state index contributed by atoms with van der Waals surface area (Å²) >= 11 is 6.30. The van der Waals surface area contributed by atoms with Crippen LogP contribution < -0.4 is 19.5 Å². The Morgan fingerprint density at radius 2 is 1.89 bits per heavy atom. The minimum atomic E-state index is 0.253. The van der Waals surface area contributed by atoms with Gasteiger partial charge in [0.05, 0.1) is 24.9 Å². The van der Waals surface area contributed by atoms with Crippen LogP contribution in [0.4, 0.5) is 0 Å². The topological polar surface area (TPSA) is 57.0 Å². The molecule has 7 heteroatoms. The van der Waals surface area contributed by atoms with Gasteiger partial charge in [0.1, 0.15) is 29.0 Å². The van der Waals surface area contributed by atoms with E-state index in [0.29, 0.717) is 16.5 Å². The first-order chi connectivity index (χ1) is 13.2. The van der Waals surface area contributed by atoms with Gasteiger partial charge in [-0.05, 0) is 38.1 Å². The molecule has 0 bridgehead atoms. The van der Waals surface area contributed by atoms with Crippen molar-refractivity contribution in [2.45, 2.75) is 18.9 Å². The van der Waals surface area contributed by atoms with Crippen LogP contribution in [0.1, 0.15) is 12.8 Å². The number of fused-ring (bicyclic) bond motifs is 1. The lowest BCUT2D eigenvalue weighted by Gasteiger charge is -2.23. The highest BCUT2D eigenvalue weighted by atomic mass is 35.5. The van der Waals surface area contributed by atoms with Crippen LogP contribution in [0.15, 0.2) is 36.7 Å². The molecule has 1 fully saturated rings. The lowest BCUT2D eigenvalue weighted by Crippen LogP contribution is -2.34. The van der Waals surface area contributed by atoms with Gasteiger partial charge in [0.25, 0.3) is 0 Å². The summed E-state index contributed by atoms with van der Waals surface area (Å²) in [6.45, 7) is 2.00. The summed E-state index contributed by atoms with van der Waals surface area (Å²) in [5.41, 5.74) is 2.40. The predicted octanol–water partition coefficient (Wildman–Crippen LogP) is 3.80. The molecule has 0 atom stereocenters. The second kappa shape index (κ2) is 7.66. The summed E-state index contributed by atoms with van der Waals surface area (Å²) in [7, 11) is 3.20. The Hall–Kier alpha value is -2.44. The number of imidazole rings is 1. The second-order valence-corrected chi connectivity index (χ2v) is 6.92. The predicted molar refractivity (Wildman–Crippen MR) is 105 cm³/mol. The Balaban J connectivity index is 1.66. The molecule has 0 spiro atoms. The minimum Gasteiger partial charge on any atom is -0.496 e. The number of benzene rings is 1. The molecular formula is C20H22ClN3O3. The molecule has 0 saturated carbocycles. The molecule has 1 aliphatic rings. The van der Waals surface area contributed by atoms with E-state index < -0.39 is 0 Å². The van der Waals surface area contributed by atoms with Gasteiger partial charge in [-0.15, -0.1) is 0 Å². The number of nitrogens with zero attached hydrogens (tertiary/aromatic N) is 2. The number of aromatic nitrogens is 2. The average Bonchev–Trinajstić information content (AvgIpc) is 3.11. The first kappa shape index (κ1) is 17.9. The van der Waals surface area contributed by atoms with Gasteiger partial charge in [0.15, 0.2) is 0 Å². The van der Waals surface area contributed by atoms with Crippen LogP contribution in [0.2, 0.25) is 5.02 Å². The largest absolute Gasteiger partial charge is 0.496 e. The molecule has 3 aromatic rings. The third kappa shape index (κ3) is 3.68. The van der Waals surface area contributed by atoms with Crippen LogP contribution in [0.3, 0.4) is 0 Å². The number of halogens is 1. The molecule has 1 N–H and O–H groups in total. The van der Waals surface area contributed by atoms with Gasteiger partial charge in [-0.1, -0.05) is 11.6 Å². The molecule has 1 aromatic carbocycles. The van der Waals surface area contributed by atoms with Crippen molar-refractivity contribution in [3.63, 3.8) is 0 Å². The van der Waals surface area contributed by atoms with Crippen molar-refractivity contribution >= 4 is 17.2 Å². The van der Waals surface area contributed by atoms with E-state index in [2.05, 4.69) is 5.32 Å². The highest BCUT2D eigenvalue weighted by Crippen LogP contribution is 2.38. The Labute approximate surface area is 163 Å². The molecule has 0 radical (unpaired) electrons. The number of piperidine rings is 1. The van der Waals surface area contributed by atoms with E-state index in [1.807, 2.05) is 35.0 Å². The Morgan fingerprint density at radius 3 is 2.63 bits per heavy atom. The highest BCUT2D eigenvalue weighted by molar-refractivity contribution is 6.32. The van der Waals surface area contributed by atoms with Crippen LogP contribution in [-0.4, -0.2) is 42.8 Å². The Bertz CT molecular complexity index is 951. The summed E-state index contributed by atoms with van der Waals surface area (Å²) in [6.07, 6.45) is 6.20. The first-order valence-electron chi connectivity index (χ1n) is 8.96. The quantitative estimate of drug-likeness (QED) is 0.721. The third-order valence-electron chi connectivity index (χ3n) is 4.77. The average molecular weight is 388 g/mol. The van der Waals surface area contributed by atoms with Crippen molar-refractivity contribution in [2.75, 3.05) is 27.3 Å². The lowest BCUT2D eigenvalue weighted by atomic mass is 10.1. The molecule has 6 nitrogen and oxygen atoms in total. The van der Waals surface area contributed by atoms with Crippen molar-refractivity contribution in [3.8, 4) is 28.5 Å². The van der Waals surface area contributed by atoms with E-state index in [-0.39, 0.29) is 6.10 Å². The fourth-order valence-corrected chi connectivity index (χ4v) is 3.57. The van der Waals surface area contributed by atoms with E-state index in [9.17, 15) is 0 Å². The molecule has 4 rings (SSSR count). The second-order valence-electron chi connectivity index (χ2n) is 6.51. The van der Waals surface area contributed by atoms with Crippen LogP contribution in [0, 0.1) is 0 Å². The fraction of sp³-hybridized carbons (Fsp3) is 0.350. The van der Waals surface area contributed by atoms with Gasteiger partial charge in [0, 0.05) is 30.1 Å². The van der Waals surface area contributed by atoms with E-state index in [1.54, 1.807) is 20.3 Å². The number of hydrogen-bond donors (Lipinski definition) is 1. The number of rotatable bonds is 5. The number of pyridine rings is 1. The lowest BCUT2D eigenvalue weighted by molar-refractivity contribution is 0.162. The highest BCUT2D eigenvalue weighted by Gasteiger charge is 2.17. The van der Waals surface area contributed by atoms with E-state index >= 15 is 0 Å². The molecule has 1 saturated heterocycles. The summed E-state index contributed by atoms with van der Waals surface area (Å²) < 4.78 is 18.8. The van der Waals surface area contributed by atoms with Crippen LogP contribution in [0.25, 0.3) is 16.9 Å². The van der Waals surface area contributed by atoms with Gasteiger partial charge in [-0.25, -0.2) is 4.98 Å². The zero-order valence-corrected chi connectivity index (χ0v) is 16.1. The first-order valence-corrected chi connectivity index (χ1v) is 9.34. The molecular weight excluding hydrogens is 366 g/mol. The number of methoxy groups -OCH3 is 2. The number of nitrogens with one attached hydrogen (secondary N) is 1. The zero-order valence-electron chi connectivity index (χ0n) is 15.4. The number of hydrogen-bond acceptors (Lipinski definition) is 5. The monoisotopic (exact) mass is 387 g/mol. The maximum absolute atomic E-state index is 6.30. The van der Waals surface area contributed by atoms with Crippen molar-refractivity contribution in [3.05, 3.63) is 41.7 Å². The van der Waals surface area contributed by atoms with Gasteiger partial charge < -0.3 is 23.9 Å². The molecule has 2 aromatic heterocycles. The van der Waals surface area contributed by atoms with Crippen LogP contribution in [-0.2, 0) is 0 Å². The van der Waals surface area contributed by atoms with Gasteiger partial charge in [0.2, 0.25) is 0 Å². The van der Waals surface area contributed by atoms with E-state index in [4.69, 9.17) is 30.8 Å². The summed E-state index contributed by atoms with van der Waals surface area (Å²) in [5, 5.41) is 3.86. The van der Waals surface area contributed by atoms with Crippen molar-refractivity contribution < 1.29 is 14.2 Å². The van der Waals surface area contributed by atoms with Crippen LogP contribution >= 0.6 is 11.6 Å². The summed E-state index contributed by atoms with van der Waals surface area (Å²) in [4.78, 5) is 4.73. The fourth-order valence-electron chi connectivity index (χ4n) is 3.33. The molecule has 0 unspecified atom stereocenters. The molecule has 27 heavy (non-hydrogen) atoms. The number of ether oxygens (including phenoxy) is 3. The smallest absolute Gasteiger partial charge is 0.141 e. The van der Waals surface area contributed by atoms with E-state index in [0.717, 1.165) is 48.6 Å². The van der Waals surface area contributed by atoms with Crippen molar-refractivity contribution in [1.29, 1.82) is 0 Å². The van der Waals surface area contributed by atoms with Gasteiger partial charge in [-0.2, -0.15) is 0 Å². The maximum atomic E-state index is 6.30. The molecule has 0 amide bonds. The molecule has 0 aliphatic carbocycles. The normalized spacial score (nSPS) is 15.1. The Kier molecular flexibility index (Phi) is 5.09. The van der Waals surface area contributed by atoms with Gasteiger partial charge >= 0.3 is 0 Å². The summed E-state index contributed by atoms with van der Waals surface area (Å²) in [5.74, 6) is 2.07. The SMILES string of the molecule is COc1cc(OC)c(-c2cn3ccc(OC4CCNCC4)cc3n2)cc1Cl. The maximum Gasteiger partial charge on any atom is 0.141 e.